The van der Waals surface area contributed by atoms with Crippen LogP contribution in [-0.4, -0.2) is 25.1 Å². The molecule has 3 rings (SSSR count). The summed E-state index contributed by atoms with van der Waals surface area (Å²) >= 11 is 0. The number of anilines is 3. The van der Waals surface area contributed by atoms with Crippen molar-refractivity contribution in [3.8, 4) is 11.5 Å². The van der Waals surface area contributed by atoms with E-state index in [0.29, 0.717) is 34.3 Å². The van der Waals surface area contributed by atoms with Crippen molar-refractivity contribution < 1.29 is 18.7 Å². The van der Waals surface area contributed by atoms with Crippen molar-refractivity contribution in [2.45, 2.75) is 0 Å². The van der Waals surface area contributed by atoms with Gasteiger partial charge < -0.3 is 20.1 Å². The summed E-state index contributed by atoms with van der Waals surface area (Å²) in [5, 5.41) is 5.75. The highest BCUT2D eigenvalue weighted by atomic mass is 19.1. The molecule has 0 aliphatic rings. The van der Waals surface area contributed by atoms with E-state index in [1.807, 2.05) is 0 Å². The van der Waals surface area contributed by atoms with E-state index < -0.39 is 0 Å². The molecule has 0 saturated carbocycles. The fourth-order valence-electron chi connectivity index (χ4n) is 2.40. The molecular weight excluding hydrogens is 349 g/mol. The van der Waals surface area contributed by atoms with Gasteiger partial charge in [0.25, 0.3) is 5.91 Å². The van der Waals surface area contributed by atoms with Crippen molar-refractivity contribution in [3.05, 3.63) is 72.2 Å². The molecule has 0 saturated heterocycles. The highest BCUT2D eigenvalue weighted by molar-refractivity contribution is 6.04. The average Bonchev–Trinajstić information content (AvgIpc) is 2.69. The summed E-state index contributed by atoms with van der Waals surface area (Å²) in [5.74, 6) is 0.915. The Morgan fingerprint density at radius 1 is 0.963 bits per heavy atom. The molecule has 1 amide bonds. The van der Waals surface area contributed by atoms with E-state index in [4.69, 9.17) is 9.47 Å². The maximum absolute atomic E-state index is 13.2. The van der Waals surface area contributed by atoms with Gasteiger partial charge in [0.1, 0.15) is 23.1 Å². The van der Waals surface area contributed by atoms with Crippen LogP contribution in [0.2, 0.25) is 0 Å². The number of rotatable bonds is 6. The molecule has 0 bridgehead atoms. The number of hydrogen-bond acceptors (Lipinski definition) is 5. The number of aromatic nitrogens is 1. The van der Waals surface area contributed by atoms with Gasteiger partial charge in [-0.25, -0.2) is 9.37 Å². The summed E-state index contributed by atoms with van der Waals surface area (Å²) in [6.45, 7) is 0. The maximum Gasteiger partial charge on any atom is 0.255 e. The molecule has 138 valence electrons. The summed E-state index contributed by atoms with van der Waals surface area (Å²) in [5.41, 5.74) is 1.50. The molecular formula is C20H18FN3O3. The largest absolute Gasteiger partial charge is 0.497 e. The van der Waals surface area contributed by atoms with Crippen LogP contribution >= 0.6 is 0 Å². The van der Waals surface area contributed by atoms with Crippen molar-refractivity contribution in [2.24, 2.45) is 0 Å². The van der Waals surface area contributed by atoms with Gasteiger partial charge in [-0.15, -0.1) is 0 Å². The smallest absolute Gasteiger partial charge is 0.255 e. The minimum atomic E-state index is -0.336. The zero-order valence-electron chi connectivity index (χ0n) is 14.8. The van der Waals surface area contributed by atoms with Gasteiger partial charge in [-0.3, -0.25) is 4.79 Å². The Bertz CT molecular complexity index is 923. The van der Waals surface area contributed by atoms with E-state index in [0.717, 1.165) is 0 Å². The predicted molar refractivity (Wildman–Crippen MR) is 101 cm³/mol. The molecule has 2 aromatic carbocycles. The molecule has 7 heteroatoms. The number of benzene rings is 2. The lowest BCUT2D eigenvalue weighted by molar-refractivity contribution is 0.102. The quantitative estimate of drug-likeness (QED) is 0.682. The number of carbonyl (C=O) groups is 1. The number of pyridine rings is 1. The number of ether oxygens (including phenoxy) is 2. The predicted octanol–water partition coefficient (Wildman–Crippen LogP) is 4.23. The van der Waals surface area contributed by atoms with Crippen LogP contribution in [0.15, 0.2) is 60.8 Å². The van der Waals surface area contributed by atoms with Crippen molar-refractivity contribution >= 4 is 23.1 Å². The van der Waals surface area contributed by atoms with Gasteiger partial charge in [0.15, 0.2) is 0 Å². The molecule has 0 atom stereocenters. The minimum absolute atomic E-state index is 0.320. The third-order valence-electron chi connectivity index (χ3n) is 3.73. The fraction of sp³-hybridized carbons (Fsp3) is 0.100. The lowest BCUT2D eigenvalue weighted by Crippen LogP contribution is -2.12. The fourth-order valence-corrected chi connectivity index (χ4v) is 2.40. The summed E-state index contributed by atoms with van der Waals surface area (Å²) < 4.78 is 23.6. The van der Waals surface area contributed by atoms with E-state index in [2.05, 4.69) is 15.6 Å². The minimum Gasteiger partial charge on any atom is -0.497 e. The topological polar surface area (TPSA) is 72.5 Å². The second-order valence-electron chi connectivity index (χ2n) is 5.62. The number of nitrogens with one attached hydrogen (secondary N) is 2. The zero-order valence-corrected chi connectivity index (χ0v) is 14.8. The van der Waals surface area contributed by atoms with Crippen LogP contribution in [0.1, 0.15) is 10.4 Å². The first-order valence-electron chi connectivity index (χ1n) is 8.10. The Labute approximate surface area is 156 Å². The Kier molecular flexibility index (Phi) is 5.51. The highest BCUT2D eigenvalue weighted by Crippen LogP contribution is 2.23. The van der Waals surface area contributed by atoms with Gasteiger partial charge in [-0.2, -0.15) is 0 Å². The third kappa shape index (κ3) is 4.72. The normalized spacial score (nSPS) is 10.2. The summed E-state index contributed by atoms with van der Waals surface area (Å²) in [6.07, 6.45) is 1.51. The van der Waals surface area contributed by atoms with Gasteiger partial charge in [0, 0.05) is 17.3 Å². The number of hydrogen-bond donors (Lipinski definition) is 2. The van der Waals surface area contributed by atoms with Gasteiger partial charge in [-0.1, -0.05) is 6.07 Å². The second kappa shape index (κ2) is 8.18. The molecule has 0 spiro atoms. The molecule has 2 N–H and O–H groups in total. The first kappa shape index (κ1) is 18.2. The number of carbonyl (C=O) groups excluding carboxylic acids is 1. The number of methoxy groups -OCH3 is 2. The SMILES string of the molecule is COc1cc(OC)cc(C(=O)Nc2ccc(Nc3cccc(F)c3)nc2)c1. The van der Waals surface area contributed by atoms with Crippen molar-refractivity contribution in [1.82, 2.24) is 4.98 Å². The molecule has 0 unspecified atom stereocenters. The Morgan fingerprint density at radius 3 is 2.30 bits per heavy atom. The van der Waals surface area contributed by atoms with Crippen LogP contribution in [0.25, 0.3) is 0 Å². The molecule has 1 heterocycles. The maximum atomic E-state index is 13.2. The molecule has 0 aliphatic heterocycles. The van der Waals surface area contributed by atoms with Crippen molar-refractivity contribution in [3.63, 3.8) is 0 Å². The van der Waals surface area contributed by atoms with Gasteiger partial charge in [-0.05, 0) is 42.5 Å². The lowest BCUT2D eigenvalue weighted by Gasteiger charge is -2.10. The van der Waals surface area contributed by atoms with Crippen LogP contribution < -0.4 is 20.1 Å². The molecule has 0 aliphatic carbocycles. The van der Waals surface area contributed by atoms with Gasteiger partial charge in [0.05, 0.1) is 26.1 Å². The average molecular weight is 367 g/mol. The summed E-state index contributed by atoms with van der Waals surface area (Å²) in [4.78, 5) is 16.7. The number of halogens is 1. The van der Waals surface area contributed by atoms with Crippen molar-refractivity contribution in [1.29, 1.82) is 0 Å². The number of amides is 1. The van der Waals surface area contributed by atoms with Gasteiger partial charge in [0.2, 0.25) is 0 Å². The molecule has 3 aromatic rings. The summed E-state index contributed by atoms with van der Waals surface area (Å²) in [7, 11) is 3.04. The van der Waals surface area contributed by atoms with E-state index in [1.165, 1.54) is 32.5 Å². The van der Waals surface area contributed by atoms with Gasteiger partial charge >= 0.3 is 0 Å². The second-order valence-corrected chi connectivity index (χ2v) is 5.62. The Balaban J connectivity index is 1.70. The monoisotopic (exact) mass is 367 g/mol. The van der Waals surface area contributed by atoms with E-state index in [9.17, 15) is 9.18 Å². The Morgan fingerprint density at radius 2 is 1.70 bits per heavy atom. The number of nitrogens with zero attached hydrogens (tertiary/aromatic N) is 1. The molecule has 0 radical (unpaired) electrons. The van der Waals surface area contributed by atoms with Crippen LogP contribution in [0.5, 0.6) is 11.5 Å². The lowest BCUT2D eigenvalue weighted by atomic mass is 10.2. The van der Waals surface area contributed by atoms with Crippen LogP contribution in [0.3, 0.4) is 0 Å². The molecule has 6 nitrogen and oxygen atoms in total. The highest BCUT2D eigenvalue weighted by Gasteiger charge is 2.10. The van der Waals surface area contributed by atoms with Crippen LogP contribution in [0.4, 0.5) is 21.6 Å². The van der Waals surface area contributed by atoms with Crippen molar-refractivity contribution in [2.75, 3.05) is 24.9 Å². The first-order valence-corrected chi connectivity index (χ1v) is 8.10. The molecule has 0 fully saturated rings. The van der Waals surface area contributed by atoms with Crippen LogP contribution in [-0.2, 0) is 0 Å². The third-order valence-corrected chi connectivity index (χ3v) is 3.73. The molecule has 1 aromatic heterocycles. The first-order chi connectivity index (χ1) is 13.1. The summed E-state index contributed by atoms with van der Waals surface area (Å²) in [6, 6.07) is 14.4. The van der Waals surface area contributed by atoms with E-state index >= 15 is 0 Å². The van der Waals surface area contributed by atoms with E-state index in [-0.39, 0.29) is 11.7 Å². The Hall–Kier alpha value is -3.61. The molecule has 27 heavy (non-hydrogen) atoms. The van der Waals surface area contributed by atoms with E-state index in [1.54, 1.807) is 42.5 Å². The zero-order chi connectivity index (χ0) is 19.2. The van der Waals surface area contributed by atoms with Crippen LogP contribution in [0, 0.1) is 5.82 Å². The standard InChI is InChI=1S/C20H18FN3O3/c1-26-17-8-13(9-18(11-17)27-2)20(25)24-16-6-7-19(22-12-16)23-15-5-3-4-14(21)10-15/h3-12H,1-2H3,(H,22,23)(H,24,25).